The van der Waals surface area contributed by atoms with Crippen LogP contribution < -0.4 is 10.6 Å². The molecule has 0 spiro atoms. The largest absolute Gasteiger partial charge is 0.431 e. The van der Waals surface area contributed by atoms with Crippen molar-refractivity contribution < 1.29 is 18.7 Å². The van der Waals surface area contributed by atoms with Crippen LogP contribution in [0.1, 0.15) is 80.0 Å². The van der Waals surface area contributed by atoms with Crippen molar-refractivity contribution in [3.63, 3.8) is 0 Å². The number of hydrogen-bond donors (Lipinski definition) is 2. The molecule has 0 bridgehead atoms. The van der Waals surface area contributed by atoms with Crippen LogP contribution in [0, 0.1) is 0 Å². The molecule has 0 saturated carbocycles. The quantitative estimate of drug-likeness (QED) is 0.163. The third-order valence-corrected chi connectivity index (χ3v) is 7.35. The summed E-state index contributed by atoms with van der Waals surface area (Å²) in [5.74, 6) is 0.0665. The molecule has 42 heavy (non-hydrogen) atoms. The maximum Gasteiger partial charge on any atom is 0.288 e. The van der Waals surface area contributed by atoms with Gasteiger partial charge in [0.25, 0.3) is 11.8 Å². The Kier molecular flexibility index (Phi) is 11.1. The molecule has 0 unspecified atom stereocenters. The molecule has 222 valence electrons. The monoisotopic (exact) mass is 571 g/mol. The zero-order chi connectivity index (χ0) is 29.9. The molecular weight excluding hydrogens is 530 g/mol. The van der Waals surface area contributed by atoms with E-state index in [1.807, 2.05) is 68.4 Å². The van der Waals surface area contributed by atoms with E-state index in [-0.39, 0.29) is 29.7 Å². The number of hydrogen-bond acceptors (Lipinski definition) is 6. The van der Waals surface area contributed by atoms with Crippen LogP contribution in [0.15, 0.2) is 71.3 Å². The molecule has 2 N–H and O–H groups in total. The Labute approximate surface area is 247 Å². The Morgan fingerprint density at radius 1 is 0.857 bits per heavy atom. The predicted molar refractivity (Wildman–Crippen MR) is 163 cm³/mol. The van der Waals surface area contributed by atoms with Gasteiger partial charge in [-0.3, -0.25) is 14.3 Å². The van der Waals surface area contributed by atoms with Gasteiger partial charge in [-0.15, -0.1) is 0 Å². The minimum atomic E-state index is -0.278. The molecule has 2 heterocycles. The van der Waals surface area contributed by atoms with Crippen molar-refractivity contribution in [1.29, 1.82) is 0 Å². The fourth-order valence-electron chi connectivity index (χ4n) is 4.65. The lowest BCUT2D eigenvalue weighted by Gasteiger charge is -2.15. The maximum absolute atomic E-state index is 13.3. The lowest BCUT2D eigenvalue weighted by Crippen LogP contribution is -2.35. The molecule has 0 fully saturated rings. The number of aromatic nitrogens is 3. The Morgan fingerprint density at radius 3 is 2.21 bits per heavy atom. The van der Waals surface area contributed by atoms with Gasteiger partial charge in [0, 0.05) is 23.2 Å². The summed E-state index contributed by atoms with van der Waals surface area (Å²) in [5, 5.41) is 10.9. The van der Waals surface area contributed by atoms with Crippen LogP contribution in [0.5, 0.6) is 0 Å². The highest BCUT2D eigenvalue weighted by Crippen LogP contribution is 2.26. The van der Waals surface area contributed by atoms with Crippen LogP contribution in [0.3, 0.4) is 0 Å². The first-order valence-electron chi connectivity index (χ1n) is 14.8. The molecule has 4 aromatic rings. The summed E-state index contributed by atoms with van der Waals surface area (Å²) >= 11 is 0. The van der Waals surface area contributed by atoms with Crippen molar-refractivity contribution in [3.8, 4) is 22.7 Å². The summed E-state index contributed by atoms with van der Waals surface area (Å²) in [5.41, 5.74) is 3.71. The number of nitrogens with one attached hydrogen (secondary N) is 2. The number of carbonyl (C=O) groups excluding carboxylic acids is 2. The summed E-state index contributed by atoms with van der Waals surface area (Å²) in [6.45, 7) is 9.50. The summed E-state index contributed by atoms with van der Waals surface area (Å²) in [6.07, 6.45) is 4.83. The van der Waals surface area contributed by atoms with E-state index in [9.17, 15) is 9.59 Å². The third kappa shape index (κ3) is 7.94. The van der Waals surface area contributed by atoms with Gasteiger partial charge in [0.1, 0.15) is 5.69 Å². The number of ether oxygens (including phenoxy) is 1. The van der Waals surface area contributed by atoms with E-state index >= 15 is 0 Å². The van der Waals surface area contributed by atoms with Crippen LogP contribution in [-0.4, -0.2) is 45.3 Å². The summed E-state index contributed by atoms with van der Waals surface area (Å²) in [6, 6.07) is 19.5. The van der Waals surface area contributed by atoms with E-state index in [2.05, 4.69) is 29.5 Å². The topological polar surface area (TPSA) is 111 Å². The highest BCUT2D eigenvalue weighted by atomic mass is 16.5. The zero-order valence-corrected chi connectivity index (χ0v) is 24.9. The number of benzene rings is 2. The van der Waals surface area contributed by atoms with E-state index in [0.717, 1.165) is 36.8 Å². The Bertz CT molecular complexity index is 1440. The highest BCUT2D eigenvalue weighted by Gasteiger charge is 2.20. The van der Waals surface area contributed by atoms with Gasteiger partial charge in [0.2, 0.25) is 11.7 Å². The second-order valence-electron chi connectivity index (χ2n) is 10.3. The molecule has 0 aliphatic rings. The fourth-order valence-corrected chi connectivity index (χ4v) is 4.65. The zero-order valence-electron chi connectivity index (χ0n) is 24.9. The van der Waals surface area contributed by atoms with Crippen LogP contribution >= 0.6 is 0 Å². The van der Waals surface area contributed by atoms with Gasteiger partial charge in [0.15, 0.2) is 0 Å². The average Bonchev–Trinajstić information content (AvgIpc) is 3.70. The molecule has 0 aliphatic carbocycles. The first-order valence-corrected chi connectivity index (χ1v) is 14.8. The smallest absolute Gasteiger partial charge is 0.288 e. The first-order chi connectivity index (χ1) is 20.4. The first kappa shape index (κ1) is 30.7. The molecule has 0 aliphatic heterocycles. The number of rotatable bonds is 15. The summed E-state index contributed by atoms with van der Waals surface area (Å²) in [4.78, 5) is 30.2. The molecule has 4 rings (SSSR count). The molecule has 9 nitrogen and oxygen atoms in total. The SMILES string of the molecule is CCC(CC)NC(=O)c1cnc(-c2cccc(-c3cc(C(=O)NC(CC)CC)n(CCOCc4ccccc4)n3)c2)o1. The van der Waals surface area contributed by atoms with Crippen molar-refractivity contribution in [3.05, 3.63) is 83.9 Å². The molecule has 0 atom stereocenters. The highest BCUT2D eigenvalue weighted by molar-refractivity contribution is 5.94. The van der Waals surface area contributed by atoms with Crippen molar-refractivity contribution in [2.45, 2.75) is 78.6 Å². The predicted octanol–water partition coefficient (Wildman–Crippen LogP) is 6.26. The van der Waals surface area contributed by atoms with E-state index < -0.39 is 0 Å². The van der Waals surface area contributed by atoms with Crippen LogP contribution in [0.2, 0.25) is 0 Å². The molecule has 0 radical (unpaired) electrons. The lowest BCUT2D eigenvalue weighted by atomic mass is 10.1. The third-order valence-electron chi connectivity index (χ3n) is 7.35. The number of carbonyl (C=O) groups is 2. The number of oxazole rings is 1. The molecule has 2 aromatic carbocycles. The van der Waals surface area contributed by atoms with E-state index in [1.165, 1.54) is 6.20 Å². The van der Waals surface area contributed by atoms with Crippen LogP contribution in [0.25, 0.3) is 22.7 Å². The van der Waals surface area contributed by atoms with Gasteiger partial charge in [0.05, 0.1) is 31.6 Å². The Morgan fingerprint density at radius 2 is 1.52 bits per heavy atom. The van der Waals surface area contributed by atoms with Gasteiger partial charge in [-0.25, -0.2) is 4.98 Å². The summed E-state index contributed by atoms with van der Waals surface area (Å²) in [7, 11) is 0. The van der Waals surface area contributed by atoms with Crippen molar-refractivity contribution in [2.24, 2.45) is 0 Å². The lowest BCUT2D eigenvalue weighted by molar-refractivity contribution is 0.0899. The van der Waals surface area contributed by atoms with E-state index in [1.54, 1.807) is 10.7 Å². The van der Waals surface area contributed by atoms with Gasteiger partial charge in [-0.1, -0.05) is 70.2 Å². The second-order valence-corrected chi connectivity index (χ2v) is 10.3. The minimum absolute atomic E-state index is 0.0864. The molecule has 9 heteroatoms. The molecular formula is C33H41N5O4. The standard InChI is InChI=1S/C33H41N5O4/c1-5-26(6-2)35-31(39)29-20-28(37-38(29)17-18-41-22-23-13-10-9-11-14-23)24-15-12-16-25(19-24)33-34-21-30(42-33)32(40)36-27(7-3)8-4/h9-16,19-21,26-27H,5-8,17-18,22H2,1-4H3,(H,35,39)(H,36,40). The average molecular weight is 572 g/mol. The second kappa shape index (κ2) is 15.1. The van der Waals surface area contributed by atoms with E-state index in [0.29, 0.717) is 42.6 Å². The van der Waals surface area contributed by atoms with Gasteiger partial charge >= 0.3 is 0 Å². The van der Waals surface area contributed by atoms with Crippen LogP contribution in [0.4, 0.5) is 0 Å². The van der Waals surface area contributed by atoms with Gasteiger partial charge in [-0.2, -0.15) is 5.10 Å². The van der Waals surface area contributed by atoms with Crippen LogP contribution in [-0.2, 0) is 17.9 Å². The minimum Gasteiger partial charge on any atom is -0.431 e. The van der Waals surface area contributed by atoms with Gasteiger partial charge in [-0.05, 0) is 49.4 Å². The Hall–Kier alpha value is -4.24. The fraction of sp³-hybridized carbons (Fsp3) is 0.394. The van der Waals surface area contributed by atoms with Crippen molar-refractivity contribution >= 4 is 11.8 Å². The van der Waals surface area contributed by atoms with E-state index in [4.69, 9.17) is 14.3 Å². The normalized spacial score (nSPS) is 11.3. The molecule has 0 saturated heterocycles. The molecule has 2 amide bonds. The van der Waals surface area contributed by atoms with Gasteiger partial charge < -0.3 is 19.8 Å². The molecule has 2 aromatic heterocycles. The summed E-state index contributed by atoms with van der Waals surface area (Å²) < 4.78 is 13.4. The number of amides is 2. The Balaban J connectivity index is 1.54. The van der Waals surface area contributed by atoms with Crippen molar-refractivity contribution in [1.82, 2.24) is 25.4 Å². The maximum atomic E-state index is 13.3. The van der Waals surface area contributed by atoms with Crippen molar-refractivity contribution in [2.75, 3.05) is 6.61 Å². The number of nitrogens with zero attached hydrogens (tertiary/aromatic N) is 3.